The average molecular weight is 158 g/mol. The molecule has 0 aromatic rings. The van der Waals surface area contributed by atoms with Crippen LogP contribution in [0, 0.1) is 0 Å². The first-order chi connectivity index (χ1) is 5.07. The van der Waals surface area contributed by atoms with Crippen LogP contribution in [0.4, 0.5) is 0 Å². The molecule has 0 bridgehead atoms. The number of aliphatic hydroxyl groups excluding tert-OH is 1. The largest absolute Gasteiger partial charge is 0.512 e. The van der Waals surface area contributed by atoms with Crippen molar-refractivity contribution in [2.75, 3.05) is 6.61 Å². The van der Waals surface area contributed by atoms with E-state index in [0.29, 0.717) is 0 Å². The molecule has 1 N–H and O–H groups in total. The van der Waals surface area contributed by atoms with Crippen LogP contribution in [-0.4, -0.2) is 23.5 Å². The third-order valence-corrected chi connectivity index (χ3v) is 0.817. The number of hydrogen-bond donors (Lipinski definition) is 1. The summed E-state index contributed by atoms with van der Waals surface area (Å²) in [6, 6.07) is 0. The molecule has 11 heavy (non-hydrogen) atoms. The van der Waals surface area contributed by atoms with Crippen molar-refractivity contribution >= 4 is 11.8 Å². The highest BCUT2D eigenvalue weighted by Crippen LogP contribution is 1.88. The molecule has 0 spiro atoms. The van der Waals surface area contributed by atoms with Crippen LogP contribution in [0.1, 0.15) is 13.8 Å². The number of aliphatic hydroxyl groups is 1. The molecule has 0 unspecified atom stereocenters. The number of hydrogen-bond acceptors (Lipinski definition) is 4. The number of carbonyl (C=O) groups is 2. The van der Waals surface area contributed by atoms with Gasteiger partial charge in [-0.3, -0.25) is 4.79 Å². The van der Waals surface area contributed by atoms with Gasteiger partial charge in [-0.25, -0.2) is 4.79 Å². The molecule has 0 atom stereocenters. The molecular weight excluding hydrogens is 148 g/mol. The summed E-state index contributed by atoms with van der Waals surface area (Å²) < 4.78 is 4.36. The second kappa shape index (κ2) is 4.49. The standard InChI is InChI=1S/C7H10O4/c1-3-11-7(10)6(9)4-5(2)8/h4,8H,3H2,1-2H3/b5-4-. The van der Waals surface area contributed by atoms with Crippen LogP contribution in [0.2, 0.25) is 0 Å². The number of ether oxygens (including phenoxy) is 1. The predicted molar refractivity (Wildman–Crippen MR) is 38.0 cm³/mol. The fourth-order valence-corrected chi connectivity index (χ4v) is 0.451. The van der Waals surface area contributed by atoms with Gasteiger partial charge in [0, 0.05) is 6.08 Å². The number of rotatable bonds is 3. The predicted octanol–water partition coefficient (Wildman–Crippen LogP) is 0.580. The van der Waals surface area contributed by atoms with Crippen LogP contribution in [0.3, 0.4) is 0 Å². The molecule has 0 aromatic heterocycles. The molecule has 0 aliphatic carbocycles. The Balaban J connectivity index is 4.05. The minimum atomic E-state index is -0.944. The number of carbonyl (C=O) groups excluding carboxylic acids is 2. The second-order valence-corrected chi connectivity index (χ2v) is 1.87. The van der Waals surface area contributed by atoms with E-state index in [2.05, 4.69) is 4.74 Å². The maximum absolute atomic E-state index is 10.6. The Morgan fingerprint density at radius 1 is 1.55 bits per heavy atom. The van der Waals surface area contributed by atoms with E-state index in [-0.39, 0.29) is 12.4 Å². The maximum atomic E-state index is 10.6. The lowest BCUT2D eigenvalue weighted by Crippen LogP contribution is -2.15. The Morgan fingerprint density at radius 3 is 2.45 bits per heavy atom. The van der Waals surface area contributed by atoms with E-state index in [9.17, 15) is 9.59 Å². The molecule has 0 radical (unpaired) electrons. The minimum Gasteiger partial charge on any atom is -0.512 e. The Labute approximate surface area is 64.5 Å². The van der Waals surface area contributed by atoms with E-state index in [1.54, 1.807) is 6.92 Å². The van der Waals surface area contributed by atoms with E-state index in [0.717, 1.165) is 6.08 Å². The molecular formula is C7H10O4. The van der Waals surface area contributed by atoms with E-state index >= 15 is 0 Å². The van der Waals surface area contributed by atoms with E-state index in [1.807, 2.05) is 0 Å². The van der Waals surface area contributed by atoms with Crippen LogP contribution in [0.15, 0.2) is 11.8 Å². The van der Waals surface area contributed by atoms with Gasteiger partial charge in [0.15, 0.2) is 0 Å². The molecule has 0 saturated heterocycles. The molecule has 4 heteroatoms. The van der Waals surface area contributed by atoms with Crippen LogP contribution in [0.25, 0.3) is 0 Å². The lowest BCUT2D eigenvalue weighted by atomic mass is 10.3. The fourth-order valence-electron chi connectivity index (χ4n) is 0.451. The quantitative estimate of drug-likeness (QED) is 0.282. The van der Waals surface area contributed by atoms with Crippen LogP contribution in [0.5, 0.6) is 0 Å². The lowest BCUT2D eigenvalue weighted by molar-refractivity contribution is -0.151. The molecule has 62 valence electrons. The fraction of sp³-hybridized carbons (Fsp3) is 0.429. The topological polar surface area (TPSA) is 63.6 Å². The maximum Gasteiger partial charge on any atom is 0.379 e. The van der Waals surface area contributed by atoms with E-state index in [4.69, 9.17) is 5.11 Å². The summed E-state index contributed by atoms with van der Waals surface area (Å²) in [6.45, 7) is 3.06. The third-order valence-electron chi connectivity index (χ3n) is 0.817. The zero-order chi connectivity index (χ0) is 8.85. The Bertz CT molecular complexity index is 189. The van der Waals surface area contributed by atoms with Crippen molar-refractivity contribution in [3.63, 3.8) is 0 Å². The van der Waals surface area contributed by atoms with Crippen molar-refractivity contribution in [1.29, 1.82) is 0 Å². The molecule has 0 aliphatic heterocycles. The van der Waals surface area contributed by atoms with Crippen LogP contribution < -0.4 is 0 Å². The summed E-state index contributed by atoms with van der Waals surface area (Å²) in [5.74, 6) is -1.99. The number of ketones is 1. The molecule has 0 saturated carbocycles. The van der Waals surface area contributed by atoms with Gasteiger partial charge in [0.2, 0.25) is 0 Å². The monoisotopic (exact) mass is 158 g/mol. The van der Waals surface area contributed by atoms with Crippen molar-refractivity contribution in [3.8, 4) is 0 Å². The normalized spacial score (nSPS) is 10.9. The molecule has 0 fully saturated rings. The van der Waals surface area contributed by atoms with Gasteiger partial charge in [0.1, 0.15) is 0 Å². The molecule has 0 aromatic carbocycles. The summed E-state index contributed by atoms with van der Waals surface area (Å²) in [5, 5.41) is 8.57. The average Bonchev–Trinajstić information content (AvgIpc) is 1.86. The molecule has 0 aliphatic rings. The highest BCUT2D eigenvalue weighted by atomic mass is 16.5. The first-order valence-electron chi connectivity index (χ1n) is 3.16. The minimum absolute atomic E-state index is 0.156. The highest BCUT2D eigenvalue weighted by molar-refractivity contribution is 6.38. The third kappa shape index (κ3) is 4.13. The van der Waals surface area contributed by atoms with Crippen LogP contribution in [-0.2, 0) is 14.3 Å². The van der Waals surface area contributed by atoms with Gasteiger partial charge in [-0.1, -0.05) is 0 Å². The van der Waals surface area contributed by atoms with Crippen molar-refractivity contribution in [2.45, 2.75) is 13.8 Å². The van der Waals surface area contributed by atoms with Gasteiger partial charge in [0.25, 0.3) is 5.78 Å². The van der Waals surface area contributed by atoms with Gasteiger partial charge in [-0.05, 0) is 13.8 Å². The van der Waals surface area contributed by atoms with Crippen molar-refractivity contribution in [1.82, 2.24) is 0 Å². The van der Waals surface area contributed by atoms with Crippen LogP contribution >= 0.6 is 0 Å². The Hall–Kier alpha value is -1.32. The molecule has 0 heterocycles. The van der Waals surface area contributed by atoms with Gasteiger partial charge in [0.05, 0.1) is 12.4 Å². The first kappa shape index (κ1) is 9.68. The second-order valence-electron chi connectivity index (χ2n) is 1.87. The van der Waals surface area contributed by atoms with Gasteiger partial charge >= 0.3 is 5.97 Å². The van der Waals surface area contributed by atoms with Crippen molar-refractivity contribution < 1.29 is 19.4 Å². The molecule has 0 amide bonds. The summed E-state index contributed by atoms with van der Waals surface area (Å²) in [4.78, 5) is 21.2. The summed E-state index contributed by atoms with van der Waals surface area (Å²) in [6.07, 6.45) is 0.817. The SMILES string of the molecule is CCOC(=O)C(=O)/C=C(/C)O. The van der Waals surface area contributed by atoms with Crippen molar-refractivity contribution in [3.05, 3.63) is 11.8 Å². The zero-order valence-corrected chi connectivity index (χ0v) is 6.46. The summed E-state index contributed by atoms with van der Waals surface area (Å²) in [7, 11) is 0. The Morgan fingerprint density at radius 2 is 2.09 bits per heavy atom. The lowest BCUT2D eigenvalue weighted by Gasteiger charge is -1.95. The smallest absolute Gasteiger partial charge is 0.379 e. The number of esters is 1. The van der Waals surface area contributed by atoms with Gasteiger partial charge < -0.3 is 9.84 Å². The Kier molecular flexibility index (Phi) is 3.95. The molecule has 4 nitrogen and oxygen atoms in total. The van der Waals surface area contributed by atoms with Gasteiger partial charge in [-0.15, -0.1) is 0 Å². The highest BCUT2D eigenvalue weighted by Gasteiger charge is 2.11. The first-order valence-corrected chi connectivity index (χ1v) is 3.16. The summed E-state index contributed by atoms with van der Waals surface area (Å²) in [5.41, 5.74) is 0. The summed E-state index contributed by atoms with van der Waals surface area (Å²) >= 11 is 0. The van der Waals surface area contributed by atoms with Crippen molar-refractivity contribution in [2.24, 2.45) is 0 Å². The zero-order valence-electron chi connectivity index (χ0n) is 6.46. The van der Waals surface area contributed by atoms with E-state index in [1.165, 1.54) is 6.92 Å². The van der Waals surface area contributed by atoms with Gasteiger partial charge in [-0.2, -0.15) is 0 Å². The van der Waals surface area contributed by atoms with E-state index < -0.39 is 11.8 Å². The molecule has 0 rings (SSSR count). The number of allylic oxidation sites excluding steroid dienone is 1.